The van der Waals surface area contributed by atoms with Crippen LogP contribution in [0.3, 0.4) is 0 Å². The minimum Gasteiger partial charge on any atom is -0.493 e. The van der Waals surface area contributed by atoms with Crippen LogP contribution in [0.4, 0.5) is 8.78 Å². The molecule has 2 aromatic carbocycles. The molecule has 1 aromatic heterocycles. The number of halogens is 2. The molecule has 2 N–H and O–H groups in total. The van der Waals surface area contributed by atoms with Crippen molar-refractivity contribution in [2.75, 3.05) is 7.11 Å². The molecule has 0 saturated carbocycles. The lowest BCUT2D eigenvalue weighted by molar-refractivity contribution is -0.121. The fourth-order valence-electron chi connectivity index (χ4n) is 4.75. The van der Waals surface area contributed by atoms with Crippen LogP contribution in [-0.4, -0.2) is 35.7 Å². The number of methoxy groups -OCH3 is 1. The van der Waals surface area contributed by atoms with E-state index in [1.54, 1.807) is 26.0 Å². The first-order valence-electron chi connectivity index (χ1n) is 14.1. The molecule has 0 aliphatic carbocycles. The molecule has 1 unspecified atom stereocenters. The summed E-state index contributed by atoms with van der Waals surface area (Å²) in [4.78, 5) is 26.0. The maximum Gasteiger partial charge on any atom is 0.342 e. The van der Waals surface area contributed by atoms with Gasteiger partial charge in [-0.25, -0.2) is 13.6 Å². The number of esters is 1. The number of furan rings is 1. The van der Waals surface area contributed by atoms with Crippen molar-refractivity contribution < 1.29 is 37.4 Å². The summed E-state index contributed by atoms with van der Waals surface area (Å²) in [6.07, 6.45) is 9.58. The first-order chi connectivity index (χ1) is 19.9. The largest absolute Gasteiger partial charge is 0.493 e. The van der Waals surface area contributed by atoms with Crippen LogP contribution in [0.2, 0.25) is 0 Å². The van der Waals surface area contributed by atoms with Crippen LogP contribution >= 0.6 is 0 Å². The summed E-state index contributed by atoms with van der Waals surface area (Å²) in [7, 11) is 1.48. The van der Waals surface area contributed by atoms with Gasteiger partial charge in [0.15, 0.2) is 11.3 Å². The van der Waals surface area contributed by atoms with Crippen LogP contribution in [0.25, 0.3) is 11.0 Å². The van der Waals surface area contributed by atoms with E-state index in [0.29, 0.717) is 54.6 Å². The minimum atomic E-state index is -0.772. The average Bonchev–Trinajstić information content (AvgIpc) is 3.27. The predicted octanol–water partition coefficient (Wildman–Crippen LogP) is 6.41. The van der Waals surface area contributed by atoms with E-state index in [4.69, 9.17) is 20.3 Å². The van der Waals surface area contributed by atoms with E-state index in [1.165, 1.54) is 7.11 Å². The fourth-order valence-corrected chi connectivity index (χ4v) is 4.75. The number of hydrogen-bond acceptors (Lipinski definition) is 6. The molecule has 1 amide bonds. The van der Waals surface area contributed by atoms with Crippen molar-refractivity contribution in [1.82, 2.24) is 5.32 Å². The van der Waals surface area contributed by atoms with Gasteiger partial charge >= 0.3 is 5.97 Å². The summed E-state index contributed by atoms with van der Waals surface area (Å²) in [5, 5.41) is 13.3. The van der Waals surface area contributed by atoms with Crippen LogP contribution in [0, 0.1) is 24.0 Å². The average molecular weight is 584 g/mol. The third-order valence-electron chi connectivity index (χ3n) is 6.80. The third kappa shape index (κ3) is 9.59. The lowest BCUT2D eigenvalue weighted by Crippen LogP contribution is -2.33. The zero-order chi connectivity index (χ0) is 30.9. The van der Waals surface area contributed by atoms with E-state index >= 15 is 0 Å². The molecule has 1 heterocycles. The van der Waals surface area contributed by atoms with Crippen molar-refractivity contribution in [2.45, 2.75) is 90.4 Å². The first-order valence-corrected chi connectivity index (χ1v) is 14.1. The highest BCUT2D eigenvalue weighted by Crippen LogP contribution is 2.36. The van der Waals surface area contributed by atoms with Crippen LogP contribution in [0.15, 0.2) is 34.7 Å². The summed E-state index contributed by atoms with van der Waals surface area (Å²) in [6.45, 7) is 5.12. The second-order valence-electron chi connectivity index (χ2n) is 11.2. The second-order valence-corrected chi connectivity index (χ2v) is 11.2. The Morgan fingerprint density at radius 1 is 1.10 bits per heavy atom. The monoisotopic (exact) mass is 583 g/mol. The number of amides is 1. The lowest BCUT2D eigenvalue weighted by Gasteiger charge is -2.19. The van der Waals surface area contributed by atoms with Gasteiger partial charge in [0.1, 0.15) is 29.6 Å². The molecule has 0 spiro atoms. The van der Waals surface area contributed by atoms with Gasteiger partial charge in [-0.3, -0.25) is 4.79 Å². The Hall–Kier alpha value is -3.90. The van der Waals surface area contributed by atoms with Crippen LogP contribution in [0.1, 0.15) is 86.5 Å². The number of ether oxygens (including phenoxy) is 2. The molecule has 0 fully saturated rings. The smallest absolute Gasteiger partial charge is 0.342 e. The zero-order valence-electron chi connectivity index (χ0n) is 24.6. The van der Waals surface area contributed by atoms with Crippen molar-refractivity contribution in [1.29, 1.82) is 0 Å². The van der Waals surface area contributed by atoms with E-state index in [-0.39, 0.29) is 36.1 Å². The molecular formula is C33H39F2NO6. The van der Waals surface area contributed by atoms with Crippen molar-refractivity contribution >= 4 is 22.8 Å². The number of terminal acetylenes is 1. The number of rotatable bonds is 15. The quantitative estimate of drug-likeness (QED) is 0.122. The summed E-state index contributed by atoms with van der Waals surface area (Å²) < 4.78 is 44.3. The van der Waals surface area contributed by atoms with Crippen LogP contribution in [0.5, 0.6) is 5.75 Å². The highest BCUT2D eigenvalue weighted by atomic mass is 19.1. The number of unbranched alkanes of at least 4 members (excludes halogenated alkanes) is 1. The van der Waals surface area contributed by atoms with Gasteiger partial charge in [-0.1, -0.05) is 0 Å². The number of fused-ring (bicyclic) bond motifs is 1. The molecule has 0 aliphatic heterocycles. The first kappa shape index (κ1) is 32.6. The topological polar surface area (TPSA) is 98.0 Å². The number of aliphatic hydroxyl groups is 1. The zero-order valence-corrected chi connectivity index (χ0v) is 24.6. The van der Waals surface area contributed by atoms with Crippen molar-refractivity contribution in [2.24, 2.45) is 0 Å². The number of carbonyl (C=O) groups is 2. The number of aryl methyl sites for hydroxylation is 2. The molecular weight excluding hydrogens is 544 g/mol. The molecule has 0 saturated heterocycles. The van der Waals surface area contributed by atoms with Gasteiger partial charge in [0, 0.05) is 36.8 Å². The fraction of sp³-hybridized carbons (Fsp3) is 0.455. The van der Waals surface area contributed by atoms with E-state index in [2.05, 4.69) is 11.2 Å². The van der Waals surface area contributed by atoms with Gasteiger partial charge in [0.05, 0.1) is 12.7 Å². The van der Waals surface area contributed by atoms with Gasteiger partial charge in [0.25, 0.3) is 0 Å². The molecule has 226 valence electrons. The summed E-state index contributed by atoms with van der Waals surface area (Å²) in [6, 6.07) is 6.43. The van der Waals surface area contributed by atoms with E-state index in [1.807, 2.05) is 6.92 Å². The molecule has 0 aliphatic rings. The van der Waals surface area contributed by atoms with Gasteiger partial charge in [0.2, 0.25) is 5.91 Å². The van der Waals surface area contributed by atoms with Gasteiger partial charge < -0.3 is 24.3 Å². The van der Waals surface area contributed by atoms with E-state index in [9.17, 15) is 23.5 Å². The number of carbonyl (C=O) groups excluding carboxylic acids is 2. The molecule has 0 radical (unpaired) electrons. The Balaban J connectivity index is 1.80. The second kappa shape index (κ2) is 14.8. The molecule has 1 atom stereocenters. The van der Waals surface area contributed by atoms with Crippen molar-refractivity contribution in [3.8, 4) is 18.1 Å². The molecule has 42 heavy (non-hydrogen) atoms. The van der Waals surface area contributed by atoms with E-state index in [0.717, 1.165) is 36.6 Å². The Morgan fingerprint density at radius 3 is 2.45 bits per heavy atom. The summed E-state index contributed by atoms with van der Waals surface area (Å²) in [5.74, 6) is 0.949. The number of nitrogens with one attached hydrogen (secondary N) is 1. The molecule has 7 nitrogen and oxygen atoms in total. The third-order valence-corrected chi connectivity index (χ3v) is 6.80. The maximum atomic E-state index is 13.6. The standard InChI is InChI=1S/C33H39F2NO6/c1-6-7-8-11-27-30(32(38)41-20-23-15-24(34)19-25(35)16-23)26-17-22(18-28(40-5)31(26)42-27)12-13-29(37)36-21(2)10-9-14-33(3,4)39/h1,15-19,21,39H,7-14,20H2,2-5H3,(H,36,37). The van der Waals surface area contributed by atoms with Crippen molar-refractivity contribution in [3.63, 3.8) is 0 Å². The Kier molecular flexibility index (Phi) is 11.5. The molecule has 3 rings (SSSR count). The SMILES string of the molecule is C#CCCCc1oc2c(OC)cc(CCC(=O)NC(C)CCCC(C)(C)O)cc2c1C(=O)OCc1cc(F)cc(F)c1. The Bertz CT molecular complexity index is 1410. The summed E-state index contributed by atoms with van der Waals surface area (Å²) in [5.41, 5.74) is 0.718. The van der Waals surface area contributed by atoms with Crippen LogP contribution in [-0.2, 0) is 29.0 Å². The number of hydrogen-bond donors (Lipinski definition) is 2. The molecule has 0 bridgehead atoms. The Morgan fingerprint density at radius 2 is 1.81 bits per heavy atom. The Labute approximate surface area is 245 Å². The summed E-state index contributed by atoms with van der Waals surface area (Å²) >= 11 is 0. The predicted molar refractivity (Wildman–Crippen MR) is 156 cm³/mol. The van der Waals surface area contributed by atoms with E-state index < -0.39 is 23.2 Å². The van der Waals surface area contributed by atoms with Gasteiger partial charge in [-0.15, -0.1) is 12.3 Å². The van der Waals surface area contributed by atoms with Gasteiger partial charge in [-0.05, 0) is 88.3 Å². The highest BCUT2D eigenvalue weighted by Gasteiger charge is 2.25. The van der Waals surface area contributed by atoms with Crippen LogP contribution < -0.4 is 10.1 Å². The number of benzene rings is 2. The van der Waals surface area contributed by atoms with Gasteiger partial charge in [-0.2, -0.15) is 0 Å². The lowest BCUT2D eigenvalue weighted by atomic mass is 9.99. The molecule has 3 aromatic rings. The normalized spacial score (nSPS) is 12.1. The molecule has 9 heteroatoms. The highest BCUT2D eigenvalue weighted by molar-refractivity contribution is 6.06. The minimum absolute atomic E-state index is 0.0377. The van der Waals surface area contributed by atoms with Crippen molar-refractivity contribution in [3.05, 3.63) is 64.4 Å². The maximum absolute atomic E-state index is 13.6.